The van der Waals surface area contributed by atoms with Crippen molar-refractivity contribution in [2.24, 2.45) is 0 Å². The fourth-order valence-corrected chi connectivity index (χ4v) is 4.72. The van der Waals surface area contributed by atoms with Crippen molar-refractivity contribution in [3.8, 4) is 11.5 Å². The Morgan fingerprint density at radius 2 is 1.66 bits per heavy atom. The standard InChI is InChI=1S/C27H32FN3O4/c1-19-18-24(32)25(27(33)31(19)16-17-34-2)26(20-4-10-23(35-3)11-5-20)30-14-12-29(13-15-30)22-8-6-21(28)7-9-22/h4-11,18,26,32H,12-17H2,1-3H3/t26-/m1/s1. The second-order valence-electron chi connectivity index (χ2n) is 8.71. The van der Waals surface area contributed by atoms with Gasteiger partial charge in [0.1, 0.15) is 17.3 Å². The van der Waals surface area contributed by atoms with E-state index in [2.05, 4.69) is 9.80 Å². The van der Waals surface area contributed by atoms with Gasteiger partial charge in [0.05, 0.1) is 25.3 Å². The highest BCUT2D eigenvalue weighted by Gasteiger charge is 2.31. The number of aromatic hydroxyl groups is 1. The second kappa shape index (κ2) is 10.9. The van der Waals surface area contributed by atoms with Crippen LogP contribution in [-0.4, -0.2) is 61.6 Å². The maximum Gasteiger partial charge on any atom is 0.259 e. The van der Waals surface area contributed by atoms with Crippen molar-refractivity contribution in [1.82, 2.24) is 9.47 Å². The van der Waals surface area contributed by atoms with Gasteiger partial charge in [-0.1, -0.05) is 12.1 Å². The van der Waals surface area contributed by atoms with Crippen molar-refractivity contribution >= 4 is 5.69 Å². The Hall–Kier alpha value is -3.36. The average molecular weight is 482 g/mol. The summed E-state index contributed by atoms with van der Waals surface area (Å²) in [4.78, 5) is 18.1. The molecule has 0 spiro atoms. The summed E-state index contributed by atoms with van der Waals surface area (Å²) in [6.07, 6.45) is 0. The third-order valence-electron chi connectivity index (χ3n) is 6.62. The van der Waals surface area contributed by atoms with Gasteiger partial charge in [-0.15, -0.1) is 0 Å². The summed E-state index contributed by atoms with van der Waals surface area (Å²) in [5, 5.41) is 11.0. The number of ether oxygens (including phenoxy) is 2. The van der Waals surface area contributed by atoms with Gasteiger partial charge >= 0.3 is 0 Å². The second-order valence-corrected chi connectivity index (χ2v) is 8.71. The Morgan fingerprint density at radius 1 is 1.00 bits per heavy atom. The van der Waals surface area contributed by atoms with Crippen molar-refractivity contribution in [3.63, 3.8) is 0 Å². The molecule has 1 atom stereocenters. The van der Waals surface area contributed by atoms with E-state index >= 15 is 0 Å². The van der Waals surface area contributed by atoms with E-state index in [1.165, 1.54) is 12.1 Å². The summed E-state index contributed by atoms with van der Waals surface area (Å²) < 4.78 is 25.5. The quantitative estimate of drug-likeness (QED) is 0.531. The van der Waals surface area contributed by atoms with Gasteiger partial charge in [0.15, 0.2) is 0 Å². The molecule has 2 aromatic carbocycles. The Balaban J connectivity index is 1.70. The molecule has 8 heteroatoms. The molecular formula is C27H32FN3O4. The maximum atomic E-state index is 13.7. The van der Waals surface area contributed by atoms with Crippen LogP contribution in [0.25, 0.3) is 0 Å². The number of hydrogen-bond donors (Lipinski definition) is 1. The minimum Gasteiger partial charge on any atom is -0.507 e. The van der Waals surface area contributed by atoms with Crippen molar-refractivity contribution in [3.05, 3.63) is 87.6 Å². The zero-order chi connectivity index (χ0) is 24.9. The Kier molecular flexibility index (Phi) is 7.73. The molecule has 0 aliphatic carbocycles. The smallest absolute Gasteiger partial charge is 0.259 e. The minimum absolute atomic E-state index is 0.0112. The van der Waals surface area contributed by atoms with Crippen LogP contribution in [0.3, 0.4) is 0 Å². The fraction of sp³-hybridized carbons (Fsp3) is 0.370. The molecule has 0 amide bonds. The number of aromatic nitrogens is 1. The van der Waals surface area contributed by atoms with Crippen molar-refractivity contribution in [2.45, 2.75) is 19.5 Å². The van der Waals surface area contributed by atoms with Crippen LogP contribution in [0.2, 0.25) is 0 Å². The van der Waals surface area contributed by atoms with E-state index in [4.69, 9.17) is 9.47 Å². The van der Waals surface area contributed by atoms with Crippen LogP contribution in [0.1, 0.15) is 22.9 Å². The SMILES string of the molecule is COCCn1c(C)cc(O)c([C@@H](c2ccc(OC)cc2)N2CCN(c3ccc(F)cc3)CC2)c1=O. The third kappa shape index (κ3) is 5.33. The Morgan fingerprint density at radius 3 is 2.26 bits per heavy atom. The molecule has 1 aliphatic rings. The molecule has 0 saturated carbocycles. The lowest BCUT2D eigenvalue weighted by molar-refractivity contribution is 0.183. The molecule has 7 nitrogen and oxygen atoms in total. The first-order chi connectivity index (χ1) is 16.9. The normalized spacial score (nSPS) is 15.3. The van der Waals surface area contributed by atoms with Crippen molar-refractivity contribution in [2.75, 3.05) is 51.9 Å². The molecule has 1 aromatic heterocycles. The van der Waals surface area contributed by atoms with Crippen molar-refractivity contribution < 1.29 is 19.0 Å². The highest BCUT2D eigenvalue weighted by Crippen LogP contribution is 2.34. The highest BCUT2D eigenvalue weighted by molar-refractivity contribution is 5.47. The van der Waals surface area contributed by atoms with Gasteiger partial charge < -0.3 is 24.0 Å². The number of benzene rings is 2. The number of halogens is 1. The van der Waals surface area contributed by atoms with E-state index < -0.39 is 6.04 Å². The van der Waals surface area contributed by atoms with Gasteiger partial charge in [-0.05, 0) is 55.0 Å². The molecular weight excluding hydrogens is 449 g/mol. The van der Waals surface area contributed by atoms with Crippen LogP contribution in [0.4, 0.5) is 10.1 Å². The maximum absolute atomic E-state index is 13.7. The lowest BCUT2D eigenvalue weighted by Crippen LogP contribution is -2.49. The van der Waals surface area contributed by atoms with Gasteiger partial charge in [-0.2, -0.15) is 0 Å². The van der Waals surface area contributed by atoms with Crippen LogP contribution in [0.5, 0.6) is 11.5 Å². The lowest BCUT2D eigenvalue weighted by atomic mass is 9.95. The first kappa shape index (κ1) is 24.8. The zero-order valence-electron chi connectivity index (χ0n) is 20.4. The number of rotatable bonds is 8. The molecule has 3 aromatic rings. The van der Waals surface area contributed by atoms with Gasteiger partial charge in [-0.3, -0.25) is 9.69 Å². The summed E-state index contributed by atoms with van der Waals surface area (Å²) in [7, 11) is 3.21. The molecule has 186 valence electrons. The van der Waals surface area contributed by atoms with Gasteiger partial charge in [0.25, 0.3) is 5.56 Å². The zero-order valence-corrected chi connectivity index (χ0v) is 20.4. The number of hydrogen-bond acceptors (Lipinski definition) is 6. The molecule has 4 rings (SSSR count). The molecule has 1 aliphatic heterocycles. The average Bonchev–Trinajstić information content (AvgIpc) is 2.87. The van der Waals surface area contributed by atoms with Crippen LogP contribution >= 0.6 is 0 Å². The number of methoxy groups -OCH3 is 2. The summed E-state index contributed by atoms with van der Waals surface area (Å²) in [5.41, 5.74) is 2.68. The van der Waals surface area contributed by atoms with Crippen LogP contribution in [0.15, 0.2) is 59.4 Å². The predicted octanol–water partition coefficient (Wildman–Crippen LogP) is 3.57. The molecule has 2 heterocycles. The molecule has 0 unspecified atom stereocenters. The number of anilines is 1. The first-order valence-electron chi connectivity index (χ1n) is 11.7. The van der Waals surface area contributed by atoms with Gasteiger partial charge in [0.2, 0.25) is 0 Å². The topological polar surface area (TPSA) is 67.2 Å². The van der Waals surface area contributed by atoms with E-state index in [1.807, 2.05) is 31.2 Å². The van der Waals surface area contributed by atoms with E-state index in [1.54, 1.807) is 37.0 Å². The van der Waals surface area contributed by atoms with E-state index in [9.17, 15) is 14.3 Å². The summed E-state index contributed by atoms with van der Waals surface area (Å²) in [5.74, 6) is 0.453. The lowest BCUT2D eigenvalue weighted by Gasteiger charge is -2.40. The van der Waals surface area contributed by atoms with E-state index in [0.29, 0.717) is 50.6 Å². The summed E-state index contributed by atoms with van der Waals surface area (Å²) in [6, 6.07) is 15.3. The summed E-state index contributed by atoms with van der Waals surface area (Å²) >= 11 is 0. The molecule has 1 N–H and O–H groups in total. The Labute approximate surface area is 204 Å². The van der Waals surface area contributed by atoms with Gasteiger partial charge in [0, 0.05) is 51.2 Å². The van der Waals surface area contributed by atoms with Crippen LogP contribution < -0.4 is 15.2 Å². The highest BCUT2D eigenvalue weighted by atomic mass is 19.1. The van der Waals surface area contributed by atoms with Crippen LogP contribution in [-0.2, 0) is 11.3 Å². The fourth-order valence-electron chi connectivity index (χ4n) is 4.72. The third-order valence-corrected chi connectivity index (χ3v) is 6.62. The molecule has 1 saturated heterocycles. The molecule has 35 heavy (non-hydrogen) atoms. The monoisotopic (exact) mass is 481 g/mol. The largest absolute Gasteiger partial charge is 0.507 e. The molecule has 0 bridgehead atoms. The molecule has 0 radical (unpaired) electrons. The number of piperazine rings is 1. The first-order valence-corrected chi connectivity index (χ1v) is 11.7. The van der Waals surface area contributed by atoms with E-state index in [0.717, 1.165) is 17.0 Å². The number of aryl methyl sites for hydroxylation is 1. The summed E-state index contributed by atoms with van der Waals surface area (Å²) in [6.45, 7) is 5.37. The van der Waals surface area contributed by atoms with E-state index in [-0.39, 0.29) is 17.1 Å². The molecule has 1 fully saturated rings. The Bertz CT molecular complexity index is 1190. The predicted molar refractivity (Wildman–Crippen MR) is 134 cm³/mol. The minimum atomic E-state index is -0.432. The number of pyridine rings is 1. The van der Waals surface area contributed by atoms with Crippen molar-refractivity contribution in [1.29, 1.82) is 0 Å². The number of nitrogens with zero attached hydrogens (tertiary/aromatic N) is 3. The van der Waals surface area contributed by atoms with Crippen LogP contribution in [0, 0.1) is 12.7 Å². The van der Waals surface area contributed by atoms with Gasteiger partial charge in [-0.25, -0.2) is 4.39 Å².